The summed E-state index contributed by atoms with van der Waals surface area (Å²) >= 11 is 0. The maximum absolute atomic E-state index is 12.4. The van der Waals surface area contributed by atoms with Crippen molar-refractivity contribution in [3.8, 4) is 0 Å². The monoisotopic (exact) mass is 279 g/mol. The molecule has 0 aliphatic rings. The van der Waals surface area contributed by atoms with E-state index in [1.54, 1.807) is 29.2 Å². The van der Waals surface area contributed by atoms with Crippen molar-refractivity contribution in [2.75, 3.05) is 18.5 Å². The van der Waals surface area contributed by atoms with E-state index in [-0.39, 0.29) is 18.6 Å². The van der Waals surface area contributed by atoms with Crippen molar-refractivity contribution in [1.29, 1.82) is 0 Å². The number of carbonyl (C=O) groups excluding carboxylic acids is 2. The van der Waals surface area contributed by atoms with E-state index in [0.717, 1.165) is 0 Å². The number of nitrogens with zero attached hydrogens (tertiary/aromatic N) is 1. The SMILES string of the molecule is CC(C)N(CCCO)C(=O)c1ccc(NC(N)=O)cc1. The lowest BCUT2D eigenvalue weighted by Crippen LogP contribution is -2.38. The lowest BCUT2D eigenvalue weighted by atomic mass is 10.1. The second-order valence-corrected chi connectivity index (χ2v) is 4.74. The molecular formula is C14H21N3O3. The number of primary amides is 1. The van der Waals surface area contributed by atoms with Crippen LogP contribution in [0.25, 0.3) is 0 Å². The fourth-order valence-electron chi connectivity index (χ4n) is 1.84. The second-order valence-electron chi connectivity index (χ2n) is 4.74. The number of nitrogens with one attached hydrogen (secondary N) is 1. The first kappa shape index (κ1) is 16.0. The number of nitrogens with two attached hydrogens (primary N) is 1. The third-order valence-electron chi connectivity index (χ3n) is 2.84. The molecular weight excluding hydrogens is 258 g/mol. The maximum atomic E-state index is 12.4. The Labute approximate surface area is 118 Å². The van der Waals surface area contributed by atoms with E-state index >= 15 is 0 Å². The number of urea groups is 1. The molecule has 3 amide bonds. The zero-order chi connectivity index (χ0) is 15.1. The standard InChI is InChI=1S/C14H21N3O3/c1-10(2)17(8-3-9-18)13(19)11-4-6-12(7-5-11)16-14(15)20/h4-7,10,18H,3,8-9H2,1-2H3,(H3,15,16,20). The van der Waals surface area contributed by atoms with Crippen LogP contribution in [0, 0.1) is 0 Å². The van der Waals surface area contributed by atoms with Gasteiger partial charge in [0.15, 0.2) is 0 Å². The molecule has 0 fully saturated rings. The Morgan fingerprint density at radius 2 is 1.90 bits per heavy atom. The van der Waals surface area contributed by atoms with Gasteiger partial charge in [-0.1, -0.05) is 0 Å². The van der Waals surface area contributed by atoms with E-state index in [4.69, 9.17) is 10.8 Å². The molecule has 4 N–H and O–H groups in total. The molecule has 1 aromatic rings. The van der Waals surface area contributed by atoms with E-state index in [0.29, 0.717) is 24.2 Å². The van der Waals surface area contributed by atoms with Crippen LogP contribution in [0.3, 0.4) is 0 Å². The van der Waals surface area contributed by atoms with Crippen molar-refractivity contribution in [2.45, 2.75) is 26.3 Å². The van der Waals surface area contributed by atoms with Gasteiger partial charge >= 0.3 is 6.03 Å². The number of rotatable bonds is 6. The number of hydrogen-bond donors (Lipinski definition) is 3. The molecule has 0 bridgehead atoms. The van der Waals surface area contributed by atoms with E-state index in [9.17, 15) is 9.59 Å². The van der Waals surface area contributed by atoms with Gasteiger partial charge in [0.25, 0.3) is 5.91 Å². The van der Waals surface area contributed by atoms with E-state index in [1.807, 2.05) is 13.8 Å². The zero-order valence-electron chi connectivity index (χ0n) is 11.8. The van der Waals surface area contributed by atoms with E-state index < -0.39 is 6.03 Å². The fourth-order valence-corrected chi connectivity index (χ4v) is 1.84. The van der Waals surface area contributed by atoms with Crippen LogP contribution < -0.4 is 11.1 Å². The summed E-state index contributed by atoms with van der Waals surface area (Å²) in [5.74, 6) is -0.0981. The van der Waals surface area contributed by atoms with Crippen LogP contribution >= 0.6 is 0 Å². The zero-order valence-corrected chi connectivity index (χ0v) is 11.8. The van der Waals surface area contributed by atoms with Gasteiger partial charge in [-0.15, -0.1) is 0 Å². The molecule has 0 spiro atoms. The Bertz CT molecular complexity index is 457. The van der Waals surface area contributed by atoms with Crippen LogP contribution in [0.4, 0.5) is 10.5 Å². The second kappa shape index (κ2) is 7.49. The molecule has 0 unspecified atom stereocenters. The molecule has 110 valence electrons. The van der Waals surface area contributed by atoms with Gasteiger partial charge in [-0.25, -0.2) is 4.79 Å². The summed E-state index contributed by atoms with van der Waals surface area (Å²) < 4.78 is 0. The van der Waals surface area contributed by atoms with Gasteiger partial charge in [0.1, 0.15) is 0 Å². The molecule has 0 aliphatic carbocycles. The van der Waals surface area contributed by atoms with Crippen molar-refractivity contribution in [2.24, 2.45) is 5.73 Å². The van der Waals surface area contributed by atoms with Crippen LogP contribution in [0.2, 0.25) is 0 Å². The van der Waals surface area contributed by atoms with Gasteiger partial charge in [-0.3, -0.25) is 4.79 Å². The summed E-state index contributed by atoms with van der Waals surface area (Å²) in [7, 11) is 0. The van der Waals surface area contributed by atoms with Crippen LogP contribution in [0.15, 0.2) is 24.3 Å². The van der Waals surface area contributed by atoms with Crippen LogP contribution in [0.1, 0.15) is 30.6 Å². The minimum absolute atomic E-state index is 0.0532. The topological polar surface area (TPSA) is 95.7 Å². The molecule has 6 nitrogen and oxygen atoms in total. The molecule has 0 saturated heterocycles. The summed E-state index contributed by atoms with van der Waals surface area (Å²) in [4.78, 5) is 24.8. The number of aliphatic hydroxyl groups excluding tert-OH is 1. The number of amides is 3. The highest BCUT2D eigenvalue weighted by molar-refractivity contribution is 5.95. The highest BCUT2D eigenvalue weighted by Crippen LogP contribution is 2.13. The first-order chi connectivity index (χ1) is 9.45. The largest absolute Gasteiger partial charge is 0.396 e. The fraction of sp³-hybridized carbons (Fsp3) is 0.429. The van der Waals surface area contributed by atoms with Crippen LogP contribution in [0.5, 0.6) is 0 Å². The normalized spacial score (nSPS) is 10.4. The number of benzene rings is 1. The predicted octanol–water partition coefficient (Wildman–Crippen LogP) is 1.41. The smallest absolute Gasteiger partial charge is 0.316 e. The Morgan fingerprint density at radius 1 is 1.30 bits per heavy atom. The highest BCUT2D eigenvalue weighted by atomic mass is 16.3. The summed E-state index contributed by atoms with van der Waals surface area (Å²) in [6.07, 6.45) is 0.547. The van der Waals surface area contributed by atoms with Gasteiger partial charge in [0.05, 0.1) is 0 Å². The van der Waals surface area contributed by atoms with E-state index in [1.165, 1.54) is 0 Å². The van der Waals surface area contributed by atoms with Crippen LogP contribution in [-0.2, 0) is 0 Å². The number of aliphatic hydroxyl groups is 1. The summed E-state index contributed by atoms with van der Waals surface area (Å²) in [6, 6.07) is 5.95. The van der Waals surface area contributed by atoms with Crippen molar-refractivity contribution < 1.29 is 14.7 Å². The third-order valence-corrected chi connectivity index (χ3v) is 2.84. The van der Waals surface area contributed by atoms with Gasteiger partial charge < -0.3 is 21.1 Å². The minimum atomic E-state index is -0.643. The molecule has 20 heavy (non-hydrogen) atoms. The third kappa shape index (κ3) is 4.55. The Morgan fingerprint density at radius 3 is 2.35 bits per heavy atom. The first-order valence-electron chi connectivity index (χ1n) is 6.54. The summed E-state index contributed by atoms with van der Waals surface area (Å²) in [5, 5.41) is 11.3. The van der Waals surface area contributed by atoms with Gasteiger partial charge in [0, 0.05) is 30.4 Å². The number of anilines is 1. The lowest BCUT2D eigenvalue weighted by Gasteiger charge is -2.26. The molecule has 0 heterocycles. The molecule has 1 rings (SSSR count). The number of carbonyl (C=O) groups is 2. The minimum Gasteiger partial charge on any atom is -0.396 e. The molecule has 0 atom stereocenters. The predicted molar refractivity (Wildman–Crippen MR) is 77.5 cm³/mol. The van der Waals surface area contributed by atoms with Gasteiger partial charge in [-0.05, 0) is 44.5 Å². The van der Waals surface area contributed by atoms with Crippen LogP contribution in [-0.4, -0.2) is 41.1 Å². The molecule has 1 aromatic carbocycles. The molecule has 0 aromatic heterocycles. The molecule has 0 radical (unpaired) electrons. The average molecular weight is 279 g/mol. The maximum Gasteiger partial charge on any atom is 0.316 e. The summed E-state index contributed by atoms with van der Waals surface area (Å²) in [5.41, 5.74) is 6.09. The van der Waals surface area contributed by atoms with Crippen molar-refractivity contribution in [1.82, 2.24) is 4.90 Å². The van der Waals surface area contributed by atoms with Crippen molar-refractivity contribution in [3.63, 3.8) is 0 Å². The van der Waals surface area contributed by atoms with Gasteiger partial charge in [-0.2, -0.15) is 0 Å². The van der Waals surface area contributed by atoms with Crippen molar-refractivity contribution >= 4 is 17.6 Å². The Hall–Kier alpha value is -2.08. The molecule has 6 heteroatoms. The first-order valence-corrected chi connectivity index (χ1v) is 6.54. The van der Waals surface area contributed by atoms with E-state index in [2.05, 4.69) is 5.32 Å². The molecule has 0 aliphatic heterocycles. The molecule has 0 saturated carbocycles. The van der Waals surface area contributed by atoms with Gasteiger partial charge in [0.2, 0.25) is 0 Å². The Balaban J connectivity index is 2.81. The quantitative estimate of drug-likeness (QED) is 0.734. The Kier molecular flexibility index (Phi) is 5.99. The average Bonchev–Trinajstić information content (AvgIpc) is 2.38. The van der Waals surface area contributed by atoms with Crippen molar-refractivity contribution in [3.05, 3.63) is 29.8 Å². The lowest BCUT2D eigenvalue weighted by molar-refractivity contribution is 0.0693. The highest BCUT2D eigenvalue weighted by Gasteiger charge is 2.18. The summed E-state index contributed by atoms with van der Waals surface area (Å²) in [6.45, 7) is 4.42. The number of hydrogen-bond acceptors (Lipinski definition) is 3.